The molecular formula is C11H11ClN2O2. The Morgan fingerprint density at radius 1 is 1.31 bits per heavy atom. The van der Waals surface area contributed by atoms with Gasteiger partial charge in [-0.15, -0.1) is 12.4 Å². The highest BCUT2D eigenvalue weighted by atomic mass is 35.5. The minimum atomic E-state index is -0.434. The minimum absolute atomic E-state index is 0. The predicted octanol–water partition coefficient (Wildman–Crippen LogP) is 2.23. The SMILES string of the molecule is CCOC(=O)c1cnc2ccccc2n1.Cl. The van der Waals surface area contributed by atoms with Crippen molar-refractivity contribution in [2.75, 3.05) is 6.61 Å². The van der Waals surface area contributed by atoms with Crippen molar-refractivity contribution >= 4 is 29.4 Å². The van der Waals surface area contributed by atoms with E-state index in [4.69, 9.17) is 4.74 Å². The number of hydrogen-bond acceptors (Lipinski definition) is 4. The van der Waals surface area contributed by atoms with Crippen molar-refractivity contribution in [3.63, 3.8) is 0 Å². The van der Waals surface area contributed by atoms with Crippen LogP contribution in [0, 0.1) is 0 Å². The van der Waals surface area contributed by atoms with E-state index in [-0.39, 0.29) is 18.1 Å². The van der Waals surface area contributed by atoms with Crippen LogP contribution in [0.5, 0.6) is 0 Å². The fourth-order valence-corrected chi connectivity index (χ4v) is 1.26. The fraction of sp³-hybridized carbons (Fsp3) is 0.182. The van der Waals surface area contributed by atoms with E-state index >= 15 is 0 Å². The van der Waals surface area contributed by atoms with Gasteiger partial charge in [0.15, 0.2) is 5.69 Å². The van der Waals surface area contributed by atoms with Gasteiger partial charge in [-0.25, -0.2) is 9.78 Å². The van der Waals surface area contributed by atoms with Gasteiger partial charge in [-0.3, -0.25) is 4.98 Å². The zero-order chi connectivity index (χ0) is 10.7. The molecule has 0 aliphatic rings. The molecule has 4 nitrogen and oxygen atoms in total. The van der Waals surface area contributed by atoms with Crippen LogP contribution in [0.1, 0.15) is 17.4 Å². The van der Waals surface area contributed by atoms with Gasteiger partial charge in [0.25, 0.3) is 0 Å². The summed E-state index contributed by atoms with van der Waals surface area (Å²) in [5.74, 6) is -0.434. The Morgan fingerprint density at radius 3 is 2.69 bits per heavy atom. The van der Waals surface area contributed by atoms with Crippen molar-refractivity contribution < 1.29 is 9.53 Å². The summed E-state index contributed by atoms with van der Waals surface area (Å²) < 4.78 is 4.84. The van der Waals surface area contributed by atoms with Crippen molar-refractivity contribution in [3.05, 3.63) is 36.2 Å². The molecule has 0 N–H and O–H groups in total. The summed E-state index contributed by atoms with van der Waals surface area (Å²) in [6.07, 6.45) is 1.43. The molecule has 0 atom stereocenters. The molecule has 16 heavy (non-hydrogen) atoms. The third-order valence-corrected chi connectivity index (χ3v) is 1.93. The molecule has 1 aromatic carbocycles. The van der Waals surface area contributed by atoms with Gasteiger partial charge in [0.05, 0.1) is 23.8 Å². The molecule has 0 saturated carbocycles. The Bertz CT molecular complexity index is 502. The average Bonchev–Trinajstić information content (AvgIpc) is 2.29. The molecule has 0 aliphatic heterocycles. The Balaban J connectivity index is 0.00000128. The number of aromatic nitrogens is 2. The van der Waals surface area contributed by atoms with Crippen LogP contribution in [0.2, 0.25) is 0 Å². The molecular weight excluding hydrogens is 228 g/mol. The van der Waals surface area contributed by atoms with Gasteiger partial charge in [0.2, 0.25) is 0 Å². The molecule has 0 amide bonds. The molecule has 0 spiro atoms. The molecule has 2 aromatic rings. The van der Waals surface area contributed by atoms with E-state index in [2.05, 4.69) is 9.97 Å². The van der Waals surface area contributed by atoms with Crippen LogP contribution in [-0.4, -0.2) is 22.5 Å². The second-order valence-electron chi connectivity index (χ2n) is 2.96. The zero-order valence-electron chi connectivity index (χ0n) is 8.71. The van der Waals surface area contributed by atoms with E-state index < -0.39 is 5.97 Å². The lowest BCUT2D eigenvalue weighted by molar-refractivity contribution is 0.0519. The number of carbonyl (C=O) groups is 1. The smallest absolute Gasteiger partial charge is 0.358 e. The molecule has 0 radical (unpaired) electrons. The first-order valence-corrected chi connectivity index (χ1v) is 4.70. The third-order valence-electron chi connectivity index (χ3n) is 1.93. The number of fused-ring (bicyclic) bond motifs is 1. The maximum Gasteiger partial charge on any atom is 0.358 e. The van der Waals surface area contributed by atoms with Gasteiger partial charge >= 0.3 is 5.97 Å². The van der Waals surface area contributed by atoms with Gasteiger partial charge < -0.3 is 4.74 Å². The van der Waals surface area contributed by atoms with Crippen LogP contribution < -0.4 is 0 Å². The number of benzene rings is 1. The maximum atomic E-state index is 11.4. The maximum absolute atomic E-state index is 11.4. The molecule has 0 unspecified atom stereocenters. The van der Waals surface area contributed by atoms with Crippen LogP contribution in [0.15, 0.2) is 30.5 Å². The Hall–Kier alpha value is -1.68. The van der Waals surface area contributed by atoms with Crippen molar-refractivity contribution in [2.45, 2.75) is 6.92 Å². The fourth-order valence-electron chi connectivity index (χ4n) is 1.26. The largest absolute Gasteiger partial charge is 0.461 e. The number of para-hydroxylation sites is 2. The second-order valence-corrected chi connectivity index (χ2v) is 2.96. The van der Waals surface area contributed by atoms with Crippen LogP contribution in [0.3, 0.4) is 0 Å². The Kier molecular flexibility index (Phi) is 4.19. The number of halogens is 1. The summed E-state index contributed by atoms with van der Waals surface area (Å²) in [4.78, 5) is 19.6. The average molecular weight is 239 g/mol. The van der Waals surface area contributed by atoms with Crippen molar-refractivity contribution in [3.8, 4) is 0 Å². The van der Waals surface area contributed by atoms with Crippen LogP contribution in [-0.2, 0) is 4.74 Å². The summed E-state index contributed by atoms with van der Waals surface area (Å²) in [5, 5.41) is 0. The number of rotatable bonds is 2. The van der Waals surface area contributed by atoms with E-state index in [1.165, 1.54) is 6.20 Å². The summed E-state index contributed by atoms with van der Waals surface area (Å²) in [5.41, 5.74) is 1.71. The molecule has 5 heteroatoms. The first-order valence-electron chi connectivity index (χ1n) is 4.70. The first-order chi connectivity index (χ1) is 7.31. The van der Waals surface area contributed by atoms with Gasteiger partial charge in [-0.2, -0.15) is 0 Å². The van der Waals surface area contributed by atoms with Crippen LogP contribution in [0.25, 0.3) is 11.0 Å². The van der Waals surface area contributed by atoms with E-state index in [0.29, 0.717) is 12.1 Å². The molecule has 2 rings (SSSR count). The molecule has 1 heterocycles. The van der Waals surface area contributed by atoms with Gasteiger partial charge in [0.1, 0.15) is 0 Å². The predicted molar refractivity (Wildman–Crippen MR) is 62.7 cm³/mol. The Morgan fingerprint density at radius 2 is 2.00 bits per heavy atom. The van der Waals surface area contributed by atoms with E-state index in [1.54, 1.807) is 6.92 Å². The molecule has 1 aromatic heterocycles. The highest BCUT2D eigenvalue weighted by Gasteiger charge is 2.08. The number of nitrogens with zero attached hydrogens (tertiary/aromatic N) is 2. The zero-order valence-corrected chi connectivity index (χ0v) is 9.53. The van der Waals surface area contributed by atoms with Gasteiger partial charge in [-0.05, 0) is 19.1 Å². The van der Waals surface area contributed by atoms with Crippen molar-refractivity contribution in [1.82, 2.24) is 9.97 Å². The minimum Gasteiger partial charge on any atom is -0.461 e. The molecule has 84 valence electrons. The number of esters is 1. The van der Waals surface area contributed by atoms with Crippen LogP contribution in [0.4, 0.5) is 0 Å². The number of carbonyl (C=O) groups excluding carboxylic acids is 1. The van der Waals surface area contributed by atoms with E-state index in [9.17, 15) is 4.79 Å². The third kappa shape index (κ3) is 2.46. The topological polar surface area (TPSA) is 52.1 Å². The molecule has 0 fully saturated rings. The number of hydrogen-bond donors (Lipinski definition) is 0. The quantitative estimate of drug-likeness (QED) is 0.753. The Labute approximate surface area is 99.1 Å². The van der Waals surface area contributed by atoms with Crippen molar-refractivity contribution in [1.29, 1.82) is 0 Å². The van der Waals surface area contributed by atoms with Gasteiger partial charge in [0, 0.05) is 0 Å². The second kappa shape index (κ2) is 5.42. The molecule has 0 bridgehead atoms. The summed E-state index contributed by atoms with van der Waals surface area (Å²) in [6, 6.07) is 7.38. The lowest BCUT2D eigenvalue weighted by Gasteiger charge is -2.01. The highest BCUT2D eigenvalue weighted by Crippen LogP contribution is 2.08. The van der Waals surface area contributed by atoms with Gasteiger partial charge in [-0.1, -0.05) is 12.1 Å². The summed E-state index contributed by atoms with van der Waals surface area (Å²) >= 11 is 0. The lowest BCUT2D eigenvalue weighted by Crippen LogP contribution is -2.07. The summed E-state index contributed by atoms with van der Waals surface area (Å²) in [6.45, 7) is 2.10. The molecule has 0 aliphatic carbocycles. The highest BCUT2D eigenvalue weighted by molar-refractivity contribution is 5.89. The normalized spacial score (nSPS) is 9.56. The monoisotopic (exact) mass is 238 g/mol. The van der Waals surface area contributed by atoms with E-state index in [0.717, 1.165) is 5.52 Å². The standard InChI is InChI=1S/C11H10N2O2.ClH/c1-2-15-11(14)10-7-12-8-5-3-4-6-9(8)13-10;/h3-7H,2H2,1H3;1H. The molecule has 0 saturated heterocycles. The lowest BCUT2D eigenvalue weighted by atomic mass is 10.3. The van der Waals surface area contributed by atoms with Crippen LogP contribution >= 0.6 is 12.4 Å². The number of ether oxygens (including phenoxy) is 1. The van der Waals surface area contributed by atoms with Crippen molar-refractivity contribution in [2.24, 2.45) is 0 Å². The van der Waals surface area contributed by atoms with E-state index in [1.807, 2.05) is 24.3 Å². The summed E-state index contributed by atoms with van der Waals surface area (Å²) in [7, 11) is 0. The first kappa shape index (κ1) is 12.4.